The van der Waals surface area contributed by atoms with Crippen molar-refractivity contribution in [2.75, 3.05) is 13.1 Å². The Morgan fingerprint density at radius 3 is 2.23 bits per heavy atom. The molecular weight excluding hydrogens is 424 g/mol. The lowest BCUT2D eigenvalue weighted by atomic mass is 9.90. The summed E-state index contributed by atoms with van der Waals surface area (Å²) < 4.78 is 32.7. The Morgan fingerprint density at radius 2 is 1.77 bits per heavy atom. The first-order valence-electron chi connectivity index (χ1n) is 8.21. The predicted molar refractivity (Wildman–Crippen MR) is 100 cm³/mol. The van der Waals surface area contributed by atoms with Gasteiger partial charge in [-0.3, -0.25) is 0 Å². The zero-order chi connectivity index (χ0) is 19.6. The van der Waals surface area contributed by atoms with E-state index in [1.165, 1.54) is 16.4 Å². The summed E-state index contributed by atoms with van der Waals surface area (Å²) in [5, 5.41) is 2.60. The number of ether oxygens (including phenoxy) is 1. The van der Waals surface area contributed by atoms with Crippen molar-refractivity contribution in [2.45, 2.75) is 49.6 Å². The maximum atomic E-state index is 12.7. The molecule has 0 bridgehead atoms. The summed E-state index contributed by atoms with van der Waals surface area (Å²) in [5.74, 6) is 0. The fourth-order valence-corrected chi connectivity index (χ4v) is 4.37. The largest absolute Gasteiger partial charge is 0.444 e. The molecule has 1 aromatic rings. The van der Waals surface area contributed by atoms with Crippen LogP contribution in [0.1, 0.15) is 33.6 Å². The van der Waals surface area contributed by atoms with Gasteiger partial charge in [-0.25, -0.2) is 13.2 Å². The Morgan fingerprint density at radius 1 is 1.23 bits per heavy atom. The lowest BCUT2D eigenvalue weighted by molar-refractivity contribution is -0.114. The van der Waals surface area contributed by atoms with Crippen LogP contribution in [0.5, 0.6) is 0 Å². The highest BCUT2D eigenvalue weighted by Gasteiger charge is 2.40. The van der Waals surface area contributed by atoms with Crippen LogP contribution in [0.25, 0.3) is 0 Å². The van der Waals surface area contributed by atoms with Crippen molar-refractivity contribution in [3.8, 4) is 0 Å². The van der Waals surface area contributed by atoms with Gasteiger partial charge in [0, 0.05) is 17.6 Å². The molecule has 2 rings (SSSR count). The van der Waals surface area contributed by atoms with Crippen molar-refractivity contribution < 1.29 is 22.7 Å². The second kappa shape index (κ2) is 7.66. The highest BCUT2D eigenvalue weighted by Crippen LogP contribution is 2.27. The van der Waals surface area contributed by atoms with Crippen LogP contribution in [0.3, 0.4) is 0 Å². The Labute approximate surface area is 162 Å². The van der Waals surface area contributed by atoms with Crippen molar-refractivity contribution in [3.63, 3.8) is 0 Å². The average molecular weight is 447 g/mol. The van der Waals surface area contributed by atoms with Gasteiger partial charge in [0.15, 0.2) is 0 Å². The lowest BCUT2D eigenvalue weighted by Gasteiger charge is -2.38. The number of carbonyl (C=O) groups excluding carboxylic acids is 2. The van der Waals surface area contributed by atoms with E-state index in [-0.39, 0.29) is 30.8 Å². The molecule has 1 aromatic carbocycles. The van der Waals surface area contributed by atoms with Gasteiger partial charge in [-0.15, -0.1) is 0 Å². The fourth-order valence-electron chi connectivity index (χ4n) is 2.66. The number of nitrogens with one attached hydrogen (secondary N) is 1. The zero-order valence-electron chi connectivity index (χ0n) is 15.0. The first-order valence-corrected chi connectivity index (χ1v) is 10.4. The number of rotatable bonds is 4. The van der Waals surface area contributed by atoms with E-state index in [4.69, 9.17) is 4.74 Å². The molecule has 1 N–H and O–H groups in total. The molecule has 9 heteroatoms. The summed E-state index contributed by atoms with van der Waals surface area (Å²) in [7, 11) is -3.64. The van der Waals surface area contributed by atoms with E-state index < -0.39 is 27.3 Å². The van der Waals surface area contributed by atoms with Crippen molar-refractivity contribution >= 4 is 38.3 Å². The quantitative estimate of drug-likeness (QED) is 0.717. The third-order valence-electron chi connectivity index (χ3n) is 4.04. The second-order valence-electron chi connectivity index (χ2n) is 7.26. The van der Waals surface area contributed by atoms with E-state index in [0.717, 1.165) is 4.47 Å². The smallest absolute Gasteiger partial charge is 0.408 e. The molecule has 1 aliphatic rings. The van der Waals surface area contributed by atoms with Crippen LogP contribution in [0.4, 0.5) is 4.79 Å². The summed E-state index contributed by atoms with van der Waals surface area (Å²) in [6.45, 7) is 5.45. The molecule has 0 atom stereocenters. The van der Waals surface area contributed by atoms with Crippen LogP contribution in [-0.4, -0.2) is 49.3 Å². The molecule has 26 heavy (non-hydrogen) atoms. The highest BCUT2D eigenvalue weighted by atomic mass is 79.9. The van der Waals surface area contributed by atoms with Gasteiger partial charge in [-0.2, -0.15) is 4.31 Å². The number of hydrogen-bond donors (Lipinski definition) is 1. The molecule has 1 saturated heterocycles. The van der Waals surface area contributed by atoms with Crippen LogP contribution in [0.2, 0.25) is 0 Å². The van der Waals surface area contributed by atoms with Gasteiger partial charge in [0.1, 0.15) is 17.4 Å². The summed E-state index contributed by atoms with van der Waals surface area (Å²) in [4.78, 5) is 23.8. The average Bonchev–Trinajstić information content (AvgIpc) is 2.54. The van der Waals surface area contributed by atoms with Gasteiger partial charge < -0.3 is 14.8 Å². The van der Waals surface area contributed by atoms with Gasteiger partial charge >= 0.3 is 6.09 Å². The number of benzene rings is 1. The third kappa shape index (κ3) is 5.05. The maximum absolute atomic E-state index is 12.7. The number of nitrogens with zero attached hydrogens (tertiary/aromatic N) is 1. The molecule has 1 heterocycles. The normalized spacial score (nSPS) is 18.2. The molecule has 0 aromatic heterocycles. The van der Waals surface area contributed by atoms with E-state index in [2.05, 4.69) is 21.2 Å². The topological polar surface area (TPSA) is 92.8 Å². The monoisotopic (exact) mass is 446 g/mol. The van der Waals surface area contributed by atoms with E-state index in [1.54, 1.807) is 32.9 Å². The van der Waals surface area contributed by atoms with Crippen molar-refractivity contribution in [3.05, 3.63) is 28.7 Å². The lowest BCUT2D eigenvalue weighted by Crippen LogP contribution is -2.57. The van der Waals surface area contributed by atoms with Crippen molar-refractivity contribution in [2.24, 2.45) is 0 Å². The minimum Gasteiger partial charge on any atom is -0.444 e. The number of hydrogen-bond acceptors (Lipinski definition) is 5. The van der Waals surface area contributed by atoms with Gasteiger partial charge in [0.25, 0.3) is 0 Å². The van der Waals surface area contributed by atoms with E-state index >= 15 is 0 Å². The molecule has 0 saturated carbocycles. The van der Waals surface area contributed by atoms with Gasteiger partial charge in [-0.05, 0) is 57.9 Å². The number of aldehydes is 1. The Kier molecular flexibility index (Phi) is 6.14. The molecular formula is C17H23BrN2O5S. The van der Waals surface area contributed by atoms with Crippen molar-refractivity contribution in [1.29, 1.82) is 0 Å². The molecule has 0 radical (unpaired) electrons. The minimum atomic E-state index is -3.64. The van der Waals surface area contributed by atoms with E-state index in [9.17, 15) is 18.0 Å². The van der Waals surface area contributed by atoms with Gasteiger partial charge in [0.05, 0.1) is 4.90 Å². The molecule has 1 fully saturated rings. The van der Waals surface area contributed by atoms with Crippen LogP contribution in [0.15, 0.2) is 33.6 Å². The molecule has 7 nitrogen and oxygen atoms in total. The number of carbonyl (C=O) groups is 2. The standard InChI is InChI=1S/C17H23BrN2O5S/c1-16(2,3)25-15(22)19-17(12-21)8-10-20(11-9-17)26(23,24)14-6-4-13(18)5-7-14/h4-7,12H,8-11H2,1-3H3,(H,19,22). The molecule has 1 amide bonds. The zero-order valence-corrected chi connectivity index (χ0v) is 17.4. The number of alkyl carbamates (subject to hydrolysis) is 1. The summed E-state index contributed by atoms with van der Waals surface area (Å²) in [6, 6.07) is 6.38. The molecule has 144 valence electrons. The van der Waals surface area contributed by atoms with E-state index in [1.807, 2.05) is 0 Å². The summed E-state index contributed by atoms with van der Waals surface area (Å²) in [6.07, 6.45) is 0.353. The second-order valence-corrected chi connectivity index (χ2v) is 10.1. The van der Waals surface area contributed by atoms with Crippen LogP contribution in [-0.2, 0) is 19.6 Å². The van der Waals surface area contributed by atoms with Gasteiger partial charge in [0.2, 0.25) is 10.0 Å². The predicted octanol–water partition coefficient (Wildman–Crippen LogP) is 2.70. The summed E-state index contributed by atoms with van der Waals surface area (Å²) in [5.41, 5.74) is -1.80. The number of piperidine rings is 1. The first-order chi connectivity index (χ1) is 12.0. The highest BCUT2D eigenvalue weighted by molar-refractivity contribution is 9.10. The fraction of sp³-hybridized carbons (Fsp3) is 0.529. The SMILES string of the molecule is CC(C)(C)OC(=O)NC1(C=O)CCN(S(=O)(=O)c2ccc(Br)cc2)CC1. The minimum absolute atomic E-state index is 0.132. The van der Waals surface area contributed by atoms with E-state index in [0.29, 0.717) is 6.29 Å². The number of halogens is 1. The van der Waals surface area contributed by atoms with Crippen LogP contribution in [0, 0.1) is 0 Å². The number of sulfonamides is 1. The van der Waals surface area contributed by atoms with Crippen LogP contribution < -0.4 is 5.32 Å². The van der Waals surface area contributed by atoms with Gasteiger partial charge in [-0.1, -0.05) is 15.9 Å². The van der Waals surface area contributed by atoms with Crippen molar-refractivity contribution in [1.82, 2.24) is 9.62 Å². The number of amides is 1. The molecule has 0 unspecified atom stereocenters. The Balaban J connectivity index is 2.07. The molecule has 1 aliphatic heterocycles. The Bertz CT molecular complexity index is 763. The maximum Gasteiger partial charge on any atom is 0.408 e. The summed E-state index contributed by atoms with van der Waals surface area (Å²) >= 11 is 3.28. The van der Waals surface area contributed by atoms with Crippen LogP contribution >= 0.6 is 15.9 Å². The molecule has 0 aliphatic carbocycles. The third-order valence-corrected chi connectivity index (χ3v) is 6.48. The molecule has 0 spiro atoms. The first kappa shape index (κ1) is 20.9. The Hall–Kier alpha value is -1.45.